The molecule has 4 nitrogen and oxygen atoms in total. The second-order valence-electron chi connectivity index (χ2n) is 4.90. The van der Waals surface area contributed by atoms with Crippen LogP contribution in [0.4, 0.5) is 11.4 Å². The van der Waals surface area contributed by atoms with Gasteiger partial charge in [0.1, 0.15) is 5.75 Å². The van der Waals surface area contributed by atoms with Gasteiger partial charge in [-0.3, -0.25) is 0 Å². The Morgan fingerprint density at radius 2 is 2.33 bits per heavy atom. The average molecular weight is 249 g/mol. The van der Waals surface area contributed by atoms with Gasteiger partial charge in [-0.1, -0.05) is 6.07 Å². The summed E-state index contributed by atoms with van der Waals surface area (Å²) in [6.07, 6.45) is 2.43. The first-order chi connectivity index (χ1) is 8.70. The van der Waals surface area contributed by atoms with Crippen LogP contribution >= 0.6 is 0 Å². The Morgan fingerprint density at radius 3 is 3.06 bits per heavy atom. The molecule has 0 aromatic heterocycles. The van der Waals surface area contributed by atoms with Crippen molar-refractivity contribution in [3.05, 3.63) is 18.2 Å². The number of rotatable bonds is 4. The number of likely N-dealkylation sites (tertiary alicyclic amines) is 1. The van der Waals surface area contributed by atoms with E-state index in [-0.39, 0.29) is 0 Å². The lowest BCUT2D eigenvalue weighted by molar-refractivity contribution is 0.261. The predicted octanol–water partition coefficient (Wildman–Crippen LogP) is 2.17. The van der Waals surface area contributed by atoms with Crippen molar-refractivity contribution in [1.82, 2.24) is 4.90 Å². The number of likely N-dealkylation sites (N-methyl/N-ethyl adjacent to an activating group) is 1. The highest BCUT2D eigenvalue weighted by Crippen LogP contribution is 2.30. The van der Waals surface area contributed by atoms with Gasteiger partial charge in [-0.2, -0.15) is 0 Å². The van der Waals surface area contributed by atoms with Gasteiger partial charge in [0, 0.05) is 12.6 Å². The Hall–Kier alpha value is -1.42. The molecule has 0 bridgehead atoms. The molecule has 1 heterocycles. The Kier molecular flexibility index (Phi) is 4.31. The highest BCUT2D eigenvalue weighted by Gasteiger charge is 2.18. The molecule has 0 amide bonds. The first-order valence-electron chi connectivity index (χ1n) is 6.67. The van der Waals surface area contributed by atoms with Crippen LogP contribution in [0.2, 0.25) is 0 Å². The third-order valence-electron chi connectivity index (χ3n) is 3.35. The summed E-state index contributed by atoms with van der Waals surface area (Å²) in [6.45, 7) is 4.86. The molecule has 1 fully saturated rings. The second-order valence-corrected chi connectivity index (χ2v) is 4.90. The SMILES string of the molecule is CCOc1cccc(NC2CCCN(C)C2)c1N. The van der Waals surface area contributed by atoms with Gasteiger partial charge in [0.25, 0.3) is 0 Å². The van der Waals surface area contributed by atoms with Crippen molar-refractivity contribution in [3.8, 4) is 5.75 Å². The van der Waals surface area contributed by atoms with Crippen LogP contribution < -0.4 is 15.8 Å². The van der Waals surface area contributed by atoms with Crippen LogP contribution in [0.1, 0.15) is 19.8 Å². The third kappa shape index (κ3) is 3.07. The minimum Gasteiger partial charge on any atom is -0.492 e. The van der Waals surface area contributed by atoms with Gasteiger partial charge in [-0.05, 0) is 45.5 Å². The Bertz CT molecular complexity index is 395. The number of nitrogens with one attached hydrogen (secondary N) is 1. The fraction of sp³-hybridized carbons (Fsp3) is 0.571. The lowest BCUT2D eigenvalue weighted by Crippen LogP contribution is -2.39. The zero-order valence-corrected chi connectivity index (χ0v) is 11.3. The quantitative estimate of drug-likeness (QED) is 0.803. The smallest absolute Gasteiger partial charge is 0.144 e. The summed E-state index contributed by atoms with van der Waals surface area (Å²) in [5, 5.41) is 3.53. The van der Waals surface area contributed by atoms with E-state index in [2.05, 4.69) is 17.3 Å². The van der Waals surface area contributed by atoms with Crippen LogP contribution in [0.5, 0.6) is 5.75 Å². The van der Waals surface area contributed by atoms with Crippen molar-refractivity contribution >= 4 is 11.4 Å². The van der Waals surface area contributed by atoms with Crippen molar-refractivity contribution in [2.24, 2.45) is 0 Å². The molecule has 0 spiro atoms. The minimum absolute atomic E-state index is 0.475. The maximum atomic E-state index is 6.12. The maximum Gasteiger partial charge on any atom is 0.144 e. The van der Waals surface area contributed by atoms with Gasteiger partial charge in [0.05, 0.1) is 18.0 Å². The lowest BCUT2D eigenvalue weighted by atomic mass is 10.1. The summed E-state index contributed by atoms with van der Waals surface area (Å²) >= 11 is 0. The van der Waals surface area contributed by atoms with Crippen LogP contribution in [0.15, 0.2) is 18.2 Å². The highest BCUT2D eigenvalue weighted by atomic mass is 16.5. The number of piperidine rings is 1. The third-order valence-corrected chi connectivity index (χ3v) is 3.35. The van der Waals surface area contributed by atoms with Crippen LogP contribution in [0.3, 0.4) is 0 Å². The second kappa shape index (κ2) is 5.96. The molecule has 1 aromatic carbocycles. The number of nitrogens with two attached hydrogens (primary N) is 1. The van der Waals surface area contributed by atoms with Crippen molar-refractivity contribution in [3.63, 3.8) is 0 Å². The Balaban J connectivity index is 2.06. The van der Waals surface area contributed by atoms with E-state index in [1.165, 1.54) is 19.4 Å². The van der Waals surface area contributed by atoms with Gasteiger partial charge < -0.3 is 20.7 Å². The van der Waals surface area contributed by atoms with Gasteiger partial charge in [0.2, 0.25) is 0 Å². The molecule has 4 heteroatoms. The van der Waals surface area contributed by atoms with Crippen LogP contribution in [-0.4, -0.2) is 37.7 Å². The fourth-order valence-corrected chi connectivity index (χ4v) is 2.46. The largest absolute Gasteiger partial charge is 0.492 e. The summed E-state index contributed by atoms with van der Waals surface area (Å²) in [5.41, 5.74) is 7.82. The Labute approximate surface area is 109 Å². The first-order valence-corrected chi connectivity index (χ1v) is 6.67. The topological polar surface area (TPSA) is 50.5 Å². The molecule has 1 aliphatic rings. The maximum absolute atomic E-state index is 6.12. The zero-order chi connectivity index (χ0) is 13.0. The molecule has 1 saturated heterocycles. The highest BCUT2D eigenvalue weighted by molar-refractivity contribution is 5.73. The molecular formula is C14H23N3O. The number of benzene rings is 1. The molecule has 1 unspecified atom stereocenters. The van der Waals surface area contributed by atoms with Crippen molar-refractivity contribution in [2.75, 3.05) is 37.8 Å². The van der Waals surface area contributed by atoms with Crippen molar-refractivity contribution < 1.29 is 4.74 Å². The number of ether oxygens (including phenoxy) is 1. The van der Waals surface area contributed by atoms with E-state index in [1.54, 1.807) is 0 Å². The number of hydrogen-bond acceptors (Lipinski definition) is 4. The average Bonchev–Trinajstić information content (AvgIpc) is 2.35. The van der Waals surface area contributed by atoms with Gasteiger partial charge in [-0.15, -0.1) is 0 Å². The first kappa shape index (κ1) is 13.0. The molecule has 18 heavy (non-hydrogen) atoms. The van der Waals surface area contributed by atoms with E-state index in [9.17, 15) is 0 Å². The van der Waals surface area contributed by atoms with E-state index in [4.69, 9.17) is 10.5 Å². The molecule has 1 aromatic rings. The minimum atomic E-state index is 0.475. The van der Waals surface area contributed by atoms with E-state index in [1.807, 2.05) is 25.1 Å². The van der Waals surface area contributed by atoms with Crippen molar-refractivity contribution in [1.29, 1.82) is 0 Å². The van der Waals surface area contributed by atoms with Crippen LogP contribution in [0, 0.1) is 0 Å². The molecule has 1 aliphatic heterocycles. The summed E-state index contributed by atoms with van der Waals surface area (Å²) < 4.78 is 5.51. The van der Waals surface area contributed by atoms with E-state index in [0.29, 0.717) is 18.3 Å². The molecule has 3 N–H and O–H groups in total. The summed E-state index contributed by atoms with van der Waals surface area (Å²) in [5.74, 6) is 0.770. The molecule has 0 radical (unpaired) electrons. The number of anilines is 2. The predicted molar refractivity (Wildman–Crippen MR) is 76.2 cm³/mol. The zero-order valence-electron chi connectivity index (χ0n) is 11.3. The van der Waals surface area contributed by atoms with Gasteiger partial charge in [-0.25, -0.2) is 0 Å². The van der Waals surface area contributed by atoms with Crippen LogP contribution in [0.25, 0.3) is 0 Å². The molecule has 0 saturated carbocycles. The standard InChI is InChI=1S/C14H23N3O/c1-3-18-13-8-4-7-12(14(13)15)16-11-6-5-9-17(2)10-11/h4,7-8,11,16H,3,5-6,9-10,15H2,1-2H3. The normalized spacial score (nSPS) is 20.7. The number of hydrogen-bond donors (Lipinski definition) is 2. The van der Waals surface area contributed by atoms with Crippen LogP contribution in [-0.2, 0) is 0 Å². The summed E-state index contributed by atoms with van der Waals surface area (Å²) in [7, 11) is 2.16. The van der Waals surface area contributed by atoms with E-state index < -0.39 is 0 Å². The van der Waals surface area contributed by atoms with Gasteiger partial charge in [0.15, 0.2) is 0 Å². The van der Waals surface area contributed by atoms with E-state index in [0.717, 1.165) is 18.0 Å². The molecular weight excluding hydrogens is 226 g/mol. The van der Waals surface area contributed by atoms with Gasteiger partial charge >= 0.3 is 0 Å². The van der Waals surface area contributed by atoms with E-state index >= 15 is 0 Å². The molecule has 100 valence electrons. The molecule has 2 rings (SSSR count). The fourth-order valence-electron chi connectivity index (χ4n) is 2.46. The summed E-state index contributed by atoms with van der Waals surface area (Å²) in [6, 6.07) is 6.39. The Morgan fingerprint density at radius 1 is 1.50 bits per heavy atom. The lowest BCUT2D eigenvalue weighted by Gasteiger charge is -2.31. The number of nitrogens with zero attached hydrogens (tertiary/aromatic N) is 1. The number of nitrogen functional groups attached to an aromatic ring is 1. The van der Waals surface area contributed by atoms with Crippen molar-refractivity contribution in [2.45, 2.75) is 25.8 Å². The monoisotopic (exact) mass is 249 g/mol. The molecule has 0 aliphatic carbocycles. The summed E-state index contributed by atoms with van der Waals surface area (Å²) in [4.78, 5) is 2.35. The molecule has 1 atom stereocenters. The number of para-hydroxylation sites is 1.